The quantitative estimate of drug-likeness (QED) is 0.855. The Morgan fingerprint density at radius 3 is 1.92 bits per heavy atom. The maximum Gasteiger partial charge on any atom is 0.350 e. The van der Waals surface area contributed by atoms with Gasteiger partial charge in [-0.25, -0.2) is 4.79 Å². The number of carbonyl (C=O) groups excluding carboxylic acids is 1. The van der Waals surface area contributed by atoms with Crippen molar-refractivity contribution >= 4 is 11.9 Å². The molecule has 1 amide bonds. The predicted octanol–water partition coefficient (Wildman–Crippen LogP) is 3.12. The van der Waals surface area contributed by atoms with E-state index in [0.717, 1.165) is 0 Å². The minimum atomic E-state index is -1.65. The number of carboxylic acid groups (broad SMARTS) is 1. The van der Waals surface area contributed by atoms with Crippen LogP contribution in [0.5, 0.6) is 5.75 Å². The molecule has 0 aliphatic carbocycles. The van der Waals surface area contributed by atoms with Gasteiger partial charge in [0.25, 0.3) is 5.91 Å². The Bertz CT molecular complexity index is 713. The summed E-state index contributed by atoms with van der Waals surface area (Å²) in [5.41, 5.74) is -2.36. The van der Waals surface area contributed by atoms with Crippen LogP contribution in [0.15, 0.2) is 60.7 Å². The summed E-state index contributed by atoms with van der Waals surface area (Å²) in [5.74, 6) is -1.10. The third kappa shape index (κ3) is 3.56. The second-order valence-corrected chi connectivity index (χ2v) is 6.20. The average molecular weight is 327 g/mol. The van der Waals surface area contributed by atoms with Crippen LogP contribution >= 0.6 is 0 Å². The van der Waals surface area contributed by atoms with E-state index in [1.54, 1.807) is 62.4 Å². The van der Waals surface area contributed by atoms with Crippen molar-refractivity contribution in [3.8, 4) is 5.75 Å². The summed E-state index contributed by atoms with van der Waals surface area (Å²) in [5, 5.41) is 12.5. The second-order valence-electron chi connectivity index (χ2n) is 6.20. The molecule has 5 heteroatoms. The zero-order valence-electron chi connectivity index (χ0n) is 13.9. The van der Waals surface area contributed by atoms with Crippen molar-refractivity contribution in [3.63, 3.8) is 0 Å². The first-order valence-corrected chi connectivity index (χ1v) is 7.61. The van der Waals surface area contributed by atoms with Crippen LogP contribution in [0.3, 0.4) is 0 Å². The highest BCUT2D eigenvalue weighted by molar-refractivity contribution is 5.95. The van der Waals surface area contributed by atoms with Gasteiger partial charge in [-0.3, -0.25) is 4.79 Å². The number of hydrogen-bond donors (Lipinski definition) is 2. The van der Waals surface area contributed by atoms with Gasteiger partial charge in [-0.05, 0) is 45.0 Å². The number of para-hydroxylation sites is 1. The van der Waals surface area contributed by atoms with Crippen molar-refractivity contribution in [2.24, 2.45) is 0 Å². The Labute approximate surface area is 141 Å². The van der Waals surface area contributed by atoms with Crippen molar-refractivity contribution in [3.05, 3.63) is 66.2 Å². The molecular formula is C19H21NO4. The first-order chi connectivity index (χ1) is 11.3. The lowest BCUT2D eigenvalue weighted by atomic mass is 9.83. The van der Waals surface area contributed by atoms with Gasteiger partial charge >= 0.3 is 5.97 Å². The molecule has 5 nitrogen and oxygen atoms in total. The van der Waals surface area contributed by atoms with Crippen LogP contribution in [0.4, 0.5) is 0 Å². The maximum atomic E-state index is 12.4. The molecule has 1 unspecified atom stereocenters. The van der Waals surface area contributed by atoms with Gasteiger partial charge in [0.05, 0.1) is 5.54 Å². The molecule has 0 aliphatic rings. The highest BCUT2D eigenvalue weighted by Gasteiger charge is 2.51. The van der Waals surface area contributed by atoms with E-state index in [1.165, 1.54) is 6.92 Å². The number of hydrogen-bond acceptors (Lipinski definition) is 3. The molecular weight excluding hydrogens is 306 g/mol. The maximum absolute atomic E-state index is 12.4. The normalized spacial score (nSPS) is 13.6. The Morgan fingerprint density at radius 1 is 0.917 bits per heavy atom. The van der Waals surface area contributed by atoms with Crippen LogP contribution in [0.25, 0.3) is 0 Å². The highest BCUT2D eigenvalue weighted by atomic mass is 16.5. The number of amides is 1. The summed E-state index contributed by atoms with van der Waals surface area (Å²) in [6.45, 7) is 4.71. The lowest BCUT2D eigenvalue weighted by Crippen LogP contribution is -2.66. The Balaban J connectivity index is 2.28. The molecule has 0 fully saturated rings. The van der Waals surface area contributed by atoms with Gasteiger partial charge in [-0.1, -0.05) is 36.4 Å². The first-order valence-electron chi connectivity index (χ1n) is 7.61. The van der Waals surface area contributed by atoms with Crippen LogP contribution in [-0.2, 0) is 4.79 Å². The van der Waals surface area contributed by atoms with Crippen molar-refractivity contribution < 1.29 is 19.4 Å². The molecule has 126 valence electrons. The van der Waals surface area contributed by atoms with Gasteiger partial charge in [-0.2, -0.15) is 0 Å². The van der Waals surface area contributed by atoms with E-state index >= 15 is 0 Å². The lowest BCUT2D eigenvalue weighted by molar-refractivity contribution is -0.160. The fourth-order valence-electron chi connectivity index (χ4n) is 2.23. The summed E-state index contributed by atoms with van der Waals surface area (Å²) in [4.78, 5) is 24.3. The van der Waals surface area contributed by atoms with Crippen LogP contribution in [0.2, 0.25) is 0 Å². The van der Waals surface area contributed by atoms with E-state index in [0.29, 0.717) is 11.3 Å². The van der Waals surface area contributed by atoms with Gasteiger partial charge in [-0.15, -0.1) is 0 Å². The van der Waals surface area contributed by atoms with Crippen molar-refractivity contribution in [1.29, 1.82) is 0 Å². The van der Waals surface area contributed by atoms with Gasteiger partial charge in [0.2, 0.25) is 5.60 Å². The summed E-state index contributed by atoms with van der Waals surface area (Å²) in [6.07, 6.45) is 0. The van der Waals surface area contributed by atoms with Crippen molar-refractivity contribution in [2.45, 2.75) is 31.9 Å². The van der Waals surface area contributed by atoms with E-state index in [2.05, 4.69) is 5.32 Å². The van der Waals surface area contributed by atoms with Crippen LogP contribution in [-0.4, -0.2) is 28.1 Å². The number of aliphatic carboxylic acids is 1. The minimum Gasteiger partial charge on any atom is -0.478 e. The van der Waals surface area contributed by atoms with E-state index < -0.39 is 17.1 Å². The molecule has 0 saturated heterocycles. The smallest absolute Gasteiger partial charge is 0.350 e. The van der Waals surface area contributed by atoms with Crippen LogP contribution in [0, 0.1) is 0 Å². The molecule has 2 rings (SSSR count). The highest BCUT2D eigenvalue weighted by Crippen LogP contribution is 2.29. The molecule has 0 heterocycles. The monoisotopic (exact) mass is 327 g/mol. The molecule has 0 aromatic heterocycles. The average Bonchev–Trinajstić information content (AvgIpc) is 2.55. The molecule has 2 aromatic rings. The van der Waals surface area contributed by atoms with Crippen molar-refractivity contribution in [2.75, 3.05) is 0 Å². The Morgan fingerprint density at radius 2 is 1.42 bits per heavy atom. The Kier molecular flexibility index (Phi) is 4.93. The van der Waals surface area contributed by atoms with Gasteiger partial charge in [0.1, 0.15) is 5.75 Å². The number of carbonyl (C=O) groups is 2. The standard InChI is InChI=1S/C19H21NO4/c1-18(2,20-16(21)14-10-6-4-7-11-14)19(3,17(22)23)24-15-12-8-5-9-13-15/h4-13H,1-3H3,(H,20,21)(H,22,23). The zero-order valence-corrected chi connectivity index (χ0v) is 13.9. The topological polar surface area (TPSA) is 75.6 Å². The number of ether oxygens (including phenoxy) is 1. The van der Waals surface area contributed by atoms with Gasteiger partial charge in [0.15, 0.2) is 0 Å². The number of carboxylic acids is 1. The predicted molar refractivity (Wildman–Crippen MR) is 91.1 cm³/mol. The summed E-state index contributed by atoms with van der Waals surface area (Å²) >= 11 is 0. The molecule has 1 atom stereocenters. The SMILES string of the molecule is CC(C)(NC(=O)c1ccccc1)C(C)(Oc1ccccc1)C(=O)O. The third-order valence-electron chi connectivity index (χ3n) is 4.13. The molecule has 2 N–H and O–H groups in total. The van der Waals surface area contributed by atoms with Gasteiger partial charge < -0.3 is 15.2 Å². The fourth-order valence-corrected chi connectivity index (χ4v) is 2.23. The molecule has 2 aromatic carbocycles. The Hall–Kier alpha value is -2.82. The number of rotatable bonds is 6. The fraction of sp³-hybridized carbons (Fsp3) is 0.263. The number of benzene rings is 2. The zero-order chi connectivity index (χ0) is 17.8. The van der Waals surface area contributed by atoms with Gasteiger partial charge in [0, 0.05) is 5.56 Å². The van der Waals surface area contributed by atoms with Crippen molar-refractivity contribution in [1.82, 2.24) is 5.32 Å². The summed E-state index contributed by atoms with van der Waals surface area (Å²) in [6, 6.07) is 17.3. The summed E-state index contributed by atoms with van der Waals surface area (Å²) < 4.78 is 5.75. The number of nitrogens with one attached hydrogen (secondary N) is 1. The van der Waals surface area contributed by atoms with Crippen LogP contribution in [0.1, 0.15) is 31.1 Å². The second kappa shape index (κ2) is 6.74. The summed E-state index contributed by atoms with van der Waals surface area (Å²) in [7, 11) is 0. The van der Waals surface area contributed by atoms with Crippen LogP contribution < -0.4 is 10.1 Å². The third-order valence-corrected chi connectivity index (χ3v) is 4.13. The molecule has 0 radical (unpaired) electrons. The van der Waals surface area contributed by atoms with E-state index in [9.17, 15) is 14.7 Å². The first kappa shape index (κ1) is 17.5. The molecule has 0 spiro atoms. The molecule has 0 saturated carbocycles. The van der Waals surface area contributed by atoms with E-state index in [4.69, 9.17) is 4.74 Å². The largest absolute Gasteiger partial charge is 0.478 e. The van der Waals surface area contributed by atoms with E-state index in [-0.39, 0.29) is 5.91 Å². The molecule has 24 heavy (non-hydrogen) atoms. The molecule has 0 bridgehead atoms. The molecule has 0 aliphatic heterocycles. The minimum absolute atomic E-state index is 0.357. The van der Waals surface area contributed by atoms with E-state index in [1.807, 2.05) is 12.1 Å². The lowest BCUT2D eigenvalue weighted by Gasteiger charge is -2.41.